The van der Waals surface area contributed by atoms with Crippen LogP contribution in [0.3, 0.4) is 0 Å². The van der Waals surface area contributed by atoms with Gasteiger partial charge in [-0.3, -0.25) is 0 Å². The molecular formula is C12H20. The van der Waals surface area contributed by atoms with E-state index in [1.807, 2.05) is 0 Å². The summed E-state index contributed by atoms with van der Waals surface area (Å²) in [6.45, 7) is 4.72. The predicted octanol–water partition coefficient (Wildman–Crippen LogP) is 3.92. The minimum absolute atomic E-state index is 0.618. The normalized spacial score (nSPS) is 44.8. The van der Waals surface area contributed by atoms with Gasteiger partial charge in [0, 0.05) is 0 Å². The lowest BCUT2D eigenvalue weighted by Crippen LogP contribution is -2.26. The molecule has 68 valence electrons. The van der Waals surface area contributed by atoms with E-state index in [0.29, 0.717) is 5.41 Å². The zero-order valence-corrected chi connectivity index (χ0v) is 8.40. The van der Waals surface area contributed by atoms with Crippen LogP contribution in [0.5, 0.6) is 0 Å². The molecule has 0 N–H and O–H groups in total. The molecule has 0 saturated heterocycles. The van der Waals surface area contributed by atoms with Crippen LogP contribution in [0.2, 0.25) is 0 Å². The second-order valence-corrected chi connectivity index (χ2v) is 4.71. The van der Waals surface area contributed by atoms with E-state index >= 15 is 0 Å². The van der Waals surface area contributed by atoms with Crippen molar-refractivity contribution in [3.8, 4) is 0 Å². The fourth-order valence-corrected chi connectivity index (χ4v) is 3.38. The van der Waals surface area contributed by atoms with Crippen LogP contribution in [-0.2, 0) is 0 Å². The maximum atomic E-state index is 2.50. The van der Waals surface area contributed by atoms with Gasteiger partial charge in [0.25, 0.3) is 0 Å². The van der Waals surface area contributed by atoms with Crippen LogP contribution in [0, 0.1) is 11.3 Å². The van der Waals surface area contributed by atoms with Crippen molar-refractivity contribution in [2.45, 2.75) is 52.4 Å². The highest BCUT2D eigenvalue weighted by atomic mass is 14.5. The molecule has 0 heteroatoms. The predicted molar refractivity (Wildman–Crippen MR) is 53.1 cm³/mol. The SMILES string of the molecule is C/C=C1/CC[C@H]2CCCC[C@]12C. The Morgan fingerprint density at radius 1 is 1.33 bits per heavy atom. The maximum absolute atomic E-state index is 2.50. The van der Waals surface area contributed by atoms with Crippen LogP contribution < -0.4 is 0 Å². The van der Waals surface area contributed by atoms with E-state index in [1.165, 1.54) is 38.5 Å². The van der Waals surface area contributed by atoms with Crippen molar-refractivity contribution in [1.29, 1.82) is 0 Å². The molecular weight excluding hydrogens is 144 g/mol. The standard InChI is InChI=1S/C12H20/c1-3-10-7-8-11-6-4-5-9-12(10,11)2/h3,11H,4-9H2,1-2H3/b10-3-/t11-,12-/m1/s1. The minimum Gasteiger partial charge on any atom is -0.0879 e. The van der Waals surface area contributed by atoms with Crippen LogP contribution >= 0.6 is 0 Å². The molecule has 0 radical (unpaired) electrons. The summed E-state index contributed by atoms with van der Waals surface area (Å²) < 4.78 is 0. The van der Waals surface area contributed by atoms with E-state index in [1.54, 1.807) is 5.57 Å². The molecule has 0 nitrogen and oxygen atoms in total. The molecule has 0 bridgehead atoms. The van der Waals surface area contributed by atoms with Crippen molar-refractivity contribution in [2.24, 2.45) is 11.3 Å². The summed E-state index contributed by atoms with van der Waals surface area (Å²) in [7, 11) is 0. The molecule has 0 aliphatic heterocycles. The fourth-order valence-electron chi connectivity index (χ4n) is 3.38. The summed E-state index contributed by atoms with van der Waals surface area (Å²) in [5.41, 5.74) is 2.37. The molecule has 2 saturated carbocycles. The lowest BCUT2D eigenvalue weighted by molar-refractivity contribution is 0.188. The van der Waals surface area contributed by atoms with Gasteiger partial charge in [-0.05, 0) is 43.9 Å². The van der Waals surface area contributed by atoms with Gasteiger partial charge < -0.3 is 0 Å². The molecule has 0 aromatic carbocycles. The highest BCUT2D eigenvalue weighted by molar-refractivity contribution is 5.20. The third-order valence-corrected chi connectivity index (χ3v) is 4.24. The first-order valence-corrected chi connectivity index (χ1v) is 5.43. The van der Waals surface area contributed by atoms with Crippen molar-refractivity contribution in [3.05, 3.63) is 11.6 Å². The third-order valence-electron chi connectivity index (χ3n) is 4.24. The van der Waals surface area contributed by atoms with Gasteiger partial charge in [0.2, 0.25) is 0 Å². The molecule has 2 rings (SSSR count). The van der Waals surface area contributed by atoms with Gasteiger partial charge in [0.1, 0.15) is 0 Å². The Morgan fingerprint density at radius 2 is 2.17 bits per heavy atom. The third kappa shape index (κ3) is 1.04. The number of allylic oxidation sites excluding steroid dienone is 2. The van der Waals surface area contributed by atoms with Gasteiger partial charge >= 0.3 is 0 Å². The van der Waals surface area contributed by atoms with E-state index in [0.717, 1.165) is 5.92 Å². The van der Waals surface area contributed by atoms with Crippen LogP contribution in [0.4, 0.5) is 0 Å². The van der Waals surface area contributed by atoms with E-state index in [-0.39, 0.29) is 0 Å². The van der Waals surface area contributed by atoms with Crippen molar-refractivity contribution in [1.82, 2.24) is 0 Å². The largest absolute Gasteiger partial charge is 0.0879 e. The summed E-state index contributed by atoms with van der Waals surface area (Å²) in [5, 5.41) is 0. The van der Waals surface area contributed by atoms with Gasteiger partial charge in [-0.2, -0.15) is 0 Å². The molecule has 2 atom stereocenters. The second kappa shape index (κ2) is 2.90. The van der Waals surface area contributed by atoms with Gasteiger partial charge in [-0.15, -0.1) is 0 Å². The summed E-state index contributed by atoms with van der Waals surface area (Å²) in [6, 6.07) is 0. The van der Waals surface area contributed by atoms with Crippen LogP contribution in [0.1, 0.15) is 52.4 Å². The van der Waals surface area contributed by atoms with E-state index in [4.69, 9.17) is 0 Å². The molecule has 0 aromatic heterocycles. The summed E-state index contributed by atoms with van der Waals surface area (Å²) >= 11 is 0. The quantitative estimate of drug-likeness (QED) is 0.476. The smallest absolute Gasteiger partial charge is 0.00881 e. The summed E-state index contributed by atoms with van der Waals surface area (Å²) in [5.74, 6) is 1.03. The van der Waals surface area contributed by atoms with Crippen molar-refractivity contribution in [2.75, 3.05) is 0 Å². The molecule has 0 heterocycles. The number of rotatable bonds is 0. The van der Waals surface area contributed by atoms with E-state index < -0.39 is 0 Å². The molecule has 0 amide bonds. The van der Waals surface area contributed by atoms with Crippen LogP contribution in [0.15, 0.2) is 11.6 Å². The minimum atomic E-state index is 0.618. The second-order valence-electron chi connectivity index (χ2n) is 4.71. The Kier molecular flexibility index (Phi) is 2.02. The average Bonchev–Trinajstić information content (AvgIpc) is 2.41. The molecule has 0 spiro atoms. The van der Waals surface area contributed by atoms with Crippen molar-refractivity contribution in [3.63, 3.8) is 0 Å². The fraction of sp³-hybridized carbons (Fsp3) is 0.833. The van der Waals surface area contributed by atoms with Gasteiger partial charge in [-0.1, -0.05) is 31.4 Å². The Labute approximate surface area is 76.1 Å². The summed E-state index contributed by atoms with van der Waals surface area (Å²) in [4.78, 5) is 0. The molecule has 0 aromatic rings. The zero-order chi connectivity index (χ0) is 8.60. The Hall–Kier alpha value is -0.260. The van der Waals surface area contributed by atoms with E-state index in [9.17, 15) is 0 Å². The topological polar surface area (TPSA) is 0 Å². The first-order chi connectivity index (χ1) is 5.77. The lowest BCUT2D eigenvalue weighted by Gasteiger charge is -2.37. The van der Waals surface area contributed by atoms with Gasteiger partial charge in [0.15, 0.2) is 0 Å². The van der Waals surface area contributed by atoms with E-state index in [2.05, 4.69) is 19.9 Å². The van der Waals surface area contributed by atoms with Crippen molar-refractivity contribution >= 4 is 0 Å². The van der Waals surface area contributed by atoms with Gasteiger partial charge in [-0.25, -0.2) is 0 Å². The molecule has 0 unspecified atom stereocenters. The number of hydrogen-bond acceptors (Lipinski definition) is 0. The van der Waals surface area contributed by atoms with Gasteiger partial charge in [0.05, 0.1) is 0 Å². The van der Waals surface area contributed by atoms with Crippen LogP contribution in [-0.4, -0.2) is 0 Å². The zero-order valence-electron chi connectivity index (χ0n) is 8.40. The molecule has 2 aliphatic carbocycles. The van der Waals surface area contributed by atoms with Crippen molar-refractivity contribution < 1.29 is 0 Å². The highest BCUT2D eigenvalue weighted by Gasteiger charge is 2.42. The number of fused-ring (bicyclic) bond motifs is 1. The average molecular weight is 164 g/mol. The first-order valence-electron chi connectivity index (χ1n) is 5.43. The Morgan fingerprint density at radius 3 is 2.92 bits per heavy atom. The first kappa shape index (κ1) is 8.34. The Balaban J connectivity index is 2.25. The summed E-state index contributed by atoms with van der Waals surface area (Å²) in [6.07, 6.45) is 11.1. The number of hydrogen-bond donors (Lipinski definition) is 0. The monoisotopic (exact) mass is 164 g/mol. The molecule has 2 fully saturated rings. The molecule has 12 heavy (non-hydrogen) atoms. The molecule has 2 aliphatic rings. The maximum Gasteiger partial charge on any atom is -0.00881 e. The Bertz CT molecular complexity index is 202. The van der Waals surface area contributed by atoms with Crippen LogP contribution in [0.25, 0.3) is 0 Å². The lowest BCUT2D eigenvalue weighted by atomic mass is 9.68. The highest BCUT2D eigenvalue weighted by Crippen LogP contribution is 2.54.